The molecule has 1 aliphatic heterocycles. The van der Waals surface area contributed by atoms with Gasteiger partial charge in [-0.25, -0.2) is 0 Å². The third-order valence-electron chi connectivity index (χ3n) is 6.73. The number of hydrogen-bond donors (Lipinski definition) is 0. The second-order valence-electron chi connectivity index (χ2n) is 7.36. The van der Waals surface area contributed by atoms with Crippen molar-refractivity contribution in [1.29, 1.82) is 0 Å². The van der Waals surface area contributed by atoms with Crippen LogP contribution >= 0.6 is 0 Å². The van der Waals surface area contributed by atoms with E-state index in [0.29, 0.717) is 0 Å². The van der Waals surface area contributed by atoms with E-state index >= 15 is 0 Å². The molecule has 1 aromatic carbocycles. The van der Waals surface area contributed by atoms with Crippen LogP contribution in [0.25, 0.3) is 0 Å². The molecule has 0 amide bonds. The summed E-state index contributed by atoms with van der Waals surface area (Å²) in [5, 5.41) is 0. The van der Waals surface area contributed by atoms with Gasteiger partial charge in [0.2, 0.25) is 0 Å². The molecular formula is C19H22O2. The highest BCUT2D eigenvalue weighted by Crippen LogP contribution is 2.65. The molecule has 1 spiro atoms. The van der Waals surface area contributed by atoms with Gasteiger partial charge in [-0.1, -0.05) is 19.1 Å². The fourth-order valence-corrected chi connectivity index (χ4v) is 5.79. The van der Waals surface area contributed by atoms with Gasteiger partial charge in [0, 0.05) is 11.0 Å². The van der Waals surface area contributed by atoms with Crippen LogP contribution in [0.5, 0.6) is 11.5 Å². The van der Waals surface area contributed by atoms with Gasteiger partial charge in [-0.2, -0.15) is 0 Å². The van der Waals surface area contributed by atoms with Gasteiger partial charge in [-0.15, -0.1) is 0 Å². The number of rotatable bonds is 1. The molecule has 2 nitrogen and oxygen atoms in total. The maximum atomic E-state index is 6.42. The van der Waals surface area contributed by atoms with Crippen LogP contribution < -0.4 is 9.47 Å². The maximum Gasteiger partial charge on any atom is 0.166 e. The number of methoxy groups -OCH3 is 1. The Bertz CT molecular complexity index is 647. The van der Waals surface area contributed by atoms with E-state index in [9.17, 15) is 0 Å². The van der Waals surface area contributed by atoms with Crippen molar-refractivity contribution >= 4 is 0 Å². The first-order valence-corrected chi connectivity index (χ1v) is 8.29. The fourth-order valence-electron chi connectivity index (χ4n) is 5.79. The molecule has 0 saturated heterocycles. The van der Waals surface area contributed by atoms with Gasteiger partial charge in [0.05, 0.1) is 7.11 Å². The van der Waals surface area contributed by atoms with E-state index in [1.807, 2.05) is 0 Å². The van der Waals surface area contributed by atoms with E-state index in [0.717, 1.165) is 29.3 Å². The quantitative estimate of drug-likeness (QED) is 0.728. The standard InChI is InChI=1S/C19H22O2/c1-11-8-9-19-14-4-3-5-16(19)21-18-15(20-2)7-6-12(17(18)19)10-13(11)14/h3,5-7,11,13-14,16H,4,8-10H2,1-2H3. The molecule has 5 unspecified atom stereocenters. The minimum Gasteiger partial charge on any atom is -0.493 e. The predicted molar refractivity (Wildman–Crippen MR) is 81.9 cm³/mol. The molecule has 1 heterocycles. The highest BCUT2D eigenvalue weighted by atomic mass is 16.5. The van der Waals surface area contributed by atoms with Crippen molar-refractivity contribution in [3.63, 3.8) is 0 Å². The van der Waals surface area contributed by atoms with Gasteiger partial charge in [-0.05, 0) is 61.1 Å². The van der Waals surface area contributed by atoms with Gasteiger partial charge >= 0.3 is 0 Å². The van der Waals surface area contributed by atoms with E-state index < -0.39 is 0 Å². The highest BCUT2D eigenvalue weighted by Gasteiger charge is 2.62. The summed E-state index contributed by atoms with van der Waals surface area (Å²) >= 11 is 0. The number of hydrogen-bond acceptors (Lipinski definition) is 2. The first-order chi connectivity index (χ1) is 10.3. The lowest BCUT2D eigenvalue weighted by atomic mass is 9.48. The van der Waals surface area contributed by atoms with E-state index in [1.165, 1.54) is 36.8 Å². The highest BCUT2D eigenvalue weighted by molar-refractivity contribution is 5.61. The molecule has 2 heteroatoms. The molecule has 5 rings (SSSR count). The van der Waals surface area contributed by atoms with Crippen LogP contribution in [0.3, 0.4) is 0 Å². The van der Waals surface area contributed by atoms with Crippen molar-refractivity contribution in [1.82, 2.24) is 0 Å². The number of benzene rings is 1. The zero-order valence-corrected chi connectivity index (χ0v) is 12.8. The summed E-state index contributed by atoms with van der Waals surface area (Å²) in [6.45, 7) is 2.45. The Kier molecular flexibility index (Phi) is 2.22. The Morgan fingerprint density at radius 3 is 3.10 bits per heavy atom. The van der Waals surface area contributed by atoms with Crippen LogP contribution in [0.4, 0.5) is 0 Å². The summed E-state index contributed by atoms with van der Waals surface area (Å²) in [5.74, 6) is 4.39. The molecule has 21 heavy (non-hydrogen) atoms. The summed E-state index contributed by atoms with van der Waals surface area (Å²) in [5.41, 5.74) is 3.27. The van der Waals surface area contributed by atoms with Crippen LogP contribution in [0.15, 0.2) is 24.3 Å². The Morgan fingerprint density at radius 2 is 2.24 bits per heavy atom. The predicted octanol–water partition coefficient (Wildman–Crippen LogP) is 3.87. The molecule has 5 atom stereocenters. The van der Waals surface area contributed by atoms with E-state index in [-0.39, 0.29) is 11.5 Å². The summed E-state index contributed by atoms with van der Waals surface area (Å²) in [6.07, 6.45) is 9.98. The summed E-state index contributed by atoms with van der Waals surface area (Å²) in [6, 6.07) is 4.40. The minimum absolute atomic E-state index is 0.233. The van der Waals surface area contributed by atoms with Crippen molar-refractivity contribution in [2.45, 2.75) is 44.1 Å². The smallest absolute Gasteiger partial charge is 0.166 e. The molecule has 2 bridgehead atoms. The van der Waals surface area contributed by atoms with Crippen molar-refractivity contribution in [3.05, 3.63) is 35.4 Å². The van der Waals surface area contributed by atoms with Crippen LogP contribution in [-0.2, 0) is 11.8 Å². The normalized spacial score (nSPS) is 41.4. The lowest BCUT2D eigenvalue weighted by Crippen LogP contribution is -2.55. The molecule has 0 radical (unpaired) electrons. The van der Waals surface area contributed by atoms with E-state index in [1.54, 1.807) is 7.11 Å². The zero-order chi connectivity index (χ0) is 14.2. The fraction of sp³-hybridized carbons (Fsp3) is 0.579. The Morgan fingerprint density at radius 1 is 1.33 bits per heavy atom. The summed E-state index contributed by atoms with van der Waals surface area (Å²) in [7, 11) is 1.75. The lowest BCUT2D eigenvalue weighted by Gasteiger charge is -2.55. The second kappa shape index (κ2) is 3.85. The third kappa shape index (κ3) is 1.26. The average molecular weight is 282 g/mol. The van der Waals surface area contributed by atoms with Crippen LogP contribution in [0.1, 0.15) is 37.3 Å². The monoisotopic (exact) mass is 282 g/mol. The molecule has 0 aromatic heterocycles. The topological polar surface area (TPSA) is 18.5 Å². The van der Waals surface area contributed by atoms with Gasteiger partial charge in [0.1, 0.15) is 6.10 Å². The minimum atomic E-state index is 0.233. The van der Waals surface area contributed by atoms with Crippen molar-refractivity contribution in [2.24, 2.45) is 17.8 Å². The Balaban J connectivity index is 1.82. The number of allylic oxidation sites excluding steroid dienone is 1. The Labute approximate surface area is 126 Å². The lowest BCUT2D eigenvalue weighted by molar-refractivity contribution is 0.00881. The van der Waals surface area contributed by atoms with E-state index in [4.69, 9.17) is 9.47 Å². The molecule has 4 aliphatic rings. The van der Waals surface area contributed by atoms with Crippen molar-refractivity contribution in [2.75, 3.05) is 7.11 Å². The zero-order valence-electron chi connectivity index (χ0n) is 12.8. The van der Waals surface area contributed by atoms with Crippen LogP contribution in [0, 0.1) is 17.8 Å². The summed E-state index contributed by atoms with van der Waals surface area (Å²) in [4.78, 5) is 0. The Hall–Kier alpha value is -1.44. The SMILES string of the molecule is COc1ccc2c3c1OC1C=CCC4C(C2)C(C)CCC314. The molecular weight excluding hydrogens is 260 g/mol. The average Bonchev–Trinajstić information content (AvgIpc) is 2.84. The van der Waals surface area contributed by atoms with Crippen molar-refractivity contribution < 1.29 is 9.47 Å². The molecule has 0 N–H and O–H groups in total. The molecule has 1 fully saturated rings. The molecule has 1 saturated carbocycles. The van der Waals surface area contributed by atoms with Gasteiger partial charge in [-0.3, -0.25) is 0 Å². The molecule has 110 valence electrons. The third-order valence-corrected chi connectivity index (χ3v) is 6.73. The molecule has 3 aliphatic carbocycles. The van der Waals surface area contributed by atoms with Gasteiger partial charge in [0.25, 0.3) is 0 Å². The van der Waals surface area contributed by atoms with Crippen molar-refractivity contribution in [3.8, 4) is 11.5 Å². The van der Waals surface area contributed by atoms with Gasteiger partial charge in [0.15, 0.2) is 11.5 Å². The van der Waals surface area contributed by atoms with Gasteiger partial charge < -0.3 is 9.47 Å². The second-order valence-corrected chi connectivity index (χ2v) is 7.36. The van der Waals surface area contributed by atoms with E-state index in [2.05, 4.69) is 31.2 Å². The summed E-state index contributed by atoms with van der Waals surface area (Å²) < 4.78 is 12.0. The largest absolute Gasteiger partial charge is 0.493 e. The first-order valence-electron chi connectivity index (χ1n) is 8.29. The maximum absolute atomic E-state index is 6.42. The molecule has 1 aromatic rings. The van der Waals surface area contributed by atoms with Crippen LogP contribution in [-0.4, -0.2) is 13.2 Å². The van der Waals surface area contributed by atoms with Crippen LogP contribution in [0.2, 0.25) is 0 Å². The number of ether oxygens (including phenoxy) is 2. The first kappa shape index (κ1) is 12.1.